The first kappa shape index (κ1) is 20.5. The molecule has 0 aliphatic heterocycles. The van der Waals surface area contributed by atoms with Gasteiger partial charge in [-0.15, -0.1) is 0 Å². The van der Waals surface area contributed by atoms with E-state index in [4.69, 9.17) is 0 Å². The van der Waals surface area contributed by atoms with E-state index in [1.807, 2.05) is 13.8 Å². The van der Waals surface area contributed by atoms with Crippen LogP contribution < -0.4 is 5.32 Å². The first-order valence-corrected chi connectivity index (χ1v) is 8.94. The second-order valence-electron chi connectivity index (χ2n) is 6.84. The summed E-state index contributed by atoms with van der Waals surface area (Å²) in [5.41, 5.74) is 1.82. The highest BCUT2D eigenvalue weighted by Gasteiger charge is 2.19. The smallest absolute Gasteiger partial charge is 0.274 e. The van der Waals surface area contributed by atoms with E-state index in [2.05, 4.69) is 15.3 Å². The Labute approximate surface area is 158 Å². The Balaban J connectivity index is 1.90. The number of aromatic nitrogens is 2. The molecule has 2 aromatic rings. The summed E-state index contributed by atoms with van der Waals surface area (Å²) in [7, 11) is 0. The van der Waals surface area contributed by atoms with Gasteiger partial charge in [-0.1, -0.05) is 26.0 Å². The zero-order chi connectivity index (χ0) is 19.8. The zero-order valence-corrected chi connectivity index (χ0v) is 15.9. The lowest BCUT2D eigenvalue weighted by molar-refractivity contribution is -0.121. The minimum Gasteiger partial charge on any atom is -0.352 e. The quantitative estimate of drug-likeness (QED) is 0.773. The van der Waals surface area contributed by atoms with Crippen molar-refractivity contribution in [3.8, 4) is 0 Å². The minimum absolute atomic E-state index is 0.170. The van der Waals surface area contributed by atoms with Crippen LogP contribution in [-0.2, 0) is 11.3 Å². The highest BCUT2D eigenvalue weighted by atomic mass is 19.1. The summed E-state index contributed by atoms with van der Waals surface area (Å²) in [5, 5.41) is 2.79. The summed E-state index contributed by atoms with van der Waals surface area (Å²) in [6.07, 6.45) is 3.19. The molecule has 144 valence electrons. The first-order valence-electron chi connectivity index (χ1n) is 8.94. The van der Waals surface area contributed by atoms with E-state index in [0.717, 1.165) is 11.3 Å². The van der Waals surface area contributed by atoms with E-state index >= 15 is 0 Å². The summed E-state index contributed by atoms with van der Waals surface area (Å²) in [5.74, 6) is -0.458. The van der Waals surface area contributed by atoms with E-state index in [1.165, 1.54) is 18.3 Å². The van der Waals surface area contributed by atoms with Crippen molar-refractivity contribution in [2.24, 2.45) is 5.92 Å². The molecule has 1 N–H and O–H groups in total. The molecule has 1 aromatic heterocycles. The average Bonchev–Trinajstić information content (AvgIpc) is 2.64. The van der Waals surface area contributed by atoms with Crippen molar-refractivity contribution in [1.82, 2.24) is 20.2 Å². The van der Waals surface area contributed by atoms with Gasteiger partial charge in [-0.3, -0.25) is 14.6 Å². The number of aryl methyl sites for hydroxylation is 1. The SMILES string of the molecule is Cc1cnc(C(=O)N(CCC(=O)NCc2ccc(F)cc2)CC(C)C)cn1. The Morgan fingerprint density at radius 2 is 1.85 bits per heavy atom. The van der Waals surface area contributed by atoms with Crippen LogP contribution in [0.15, 0.2) is 36.7 Å². The van der Waals surface area contributed by atoms with E-state index in [1.54, 1.807) is 30.2 Å². The molecular weight excluding hydrogens is 347 g/mol. The van der Waals surface area contributed by atoms with Crippen LogP contribution in [0, 0.1) is 18.7 Å². The van der Waals surface area contributed by atoms with Crippen LogP contribution in [0.3, 0.4) is 0 Å². The molecule has 0 spiro atoms. The van der Waals surface area contributed by atoms with Crippen molar-refractivity contribution in [2.45, 2.75) is 33.7 Å². The van der Waals surface area contributed by atoms with Crippen molar-refractivity contribution >= 4 is 11.8 Å². The van der Waals surface area contributed by atoms with Crippen LogP contribution in [0.2, 0.25) is 0 Å². The molecule has 1 heterocycles. The third-order valence-electron chi connectivity index (χ3n) is 3.88. The predicted octanol–water partition coefficient (Wildman–Crippen LogP) is 2.73. The van der Waals surface area contributed by atoms with E-state index < -0.39 is 0 Å². The largest absolute Gasteiger partial charge is 0.352 e. The van der Waals surface area contributed by atoms with Crippen molar-refractivity contribution in [2.75, 3.05) is 13.1 Å². The van der Waals surface area contributed by atoms with Crippen LogP contribution in [-0.4, -0.2) is 39.8 Å². The highest BCUT2D eigenvalue weighted by Crippen LogP contribution is 2.07. The second-order valence-corrected chi connectivity index (χ2v) is 6.84. The number of hydrogen-bond acceptors (Lipinski definition) is 4. The van der Waals surface area contributed by atoms with Crippen LogP contribution >= 0.6 is 0 Å². The molecule has 0 fully saturated rings. The maximum Gasteiger partial charge on any atom is 0.274 e. The Morgan fingerprint density at radius 3 is 2.44 bits per heavy atom. The molecule has 0 atom stereocenters. The van der Waals surface area contributed by atoms with Gasteiger partial charge in [0.15, 0.2) is 0 Å². The fraction of sp³-hybridized carbons (Fsp3) is 0.400. The number of benzene rings is 1. The number of amides is 2. The lowest BCUT2D eigenvalue weighted by Gasteiger charge is -2.24. The molecular formula is C20H25FN4O2. The molecule has 0 radical (unpaired) electrons. The number of rotatable bonds is 8. The standard InChI is InChI=1S/C20H25FN4O2/c1-14(2)13-25(20(27)18-12-22-15(3)10-23-18)9-8-19(26)24-11-16-4-6-17(21)7-5-16/h4-7,10,12,14H,8-9,11,13H2,1-3H3,(H,24,26). The van der Waals surface area contributed by atoms with Crippen LogP contribution in [0.25, 0.3) is 0 Å². The normalized spacial score (nSPS) is 10.7. The topological polar surface area (TPSA) is 75.2 Å². The predicted molar refractivity (Wildman–Crippen MR) is 100 cm³/mol. The number of nitrogens with zero attached hydrogens (tertiary/aromatic N) is 3. The van der Waals surface area contributed by atoms with Gasteiger partial charge in [0.05, 0.1) is 11.9 Å². The number of carbonyl (C=O) groups excluding carboxylic acids is 2. The summed E-state index contributed by atoms with van der Waals surface area (Å²) < 4.78 is 12.9. The molecule has 1 aromatic carbocycles. The number of hydrogen-bond donors (Lipinski definition) is 1. The second kappa shape index (κ2) is 9.75. The number of nitrogens with one attached hydrogen (secondary N) is 1. The third-order valence-corrected chi connectivity index (χ3v) is 3.88. The Bertz CT molecular complexity index is 761. The molecule has 27 heavy (non-hydrogen) atoms. The third kappa shape index (κ3) is 6.77. The lowest BCUT2D eigenvalue weighted by atomic mass is 10.2. The van der Waals surface area contributed by atoms with Gasteiger partial charge in [-0.2, -0.15) is 0 Å². The molecule has 0 bridgehead atoms. The van der Waals surface area contributed by atoms with Crippen LogP contribution in [0.4, 0.5) is 4.39 Å². The monoisotopic (exact) mass is 372 g/mol. The molecule has 0 saturated carbocycles. The average molecular weight is 372 g/mol. The van der Waals surface area contributed by atoms with Crippen LogP contribution in [0.5, 0.6) is 0 Å². The summed E-state index contributed by atoms with van der Waals surface area (Å²) >= 11 is 0. The Kier molecular flexibility index (Phi) is 7.40. The molecule has 0 aliphatic rings. The summed E-state index contributed by atoms with van der Waals surface area (Å²) in [6, 6.07) is 5.96. The fourth-order valence-corrected chi connectivity index (χ4v) is 2.51. The molecule has 0 unspecified atom stereocenters. The minimum atomic E-state index is -0.313. The number of halogens is 1. The Morgan fingerprint density at radius 1 is 1.15 bits per heavy atom. The fourth-order valence-electron chi connectivity index (χ4n) is 2.51. The molecule has 0 saturated heterocycles. The van der Waals surface area contributed by atoms with E-state index in [-0.39, 0.29) is 35.7 Å². The van der Waals surface area contributed by atoms with E-state index in [9.17, 15) is 14.0 Å². The van der Waals surface area contributed by atoms with Crippen molar-refractivity contribution in [1.29, 1.82) is 0 Å². The number of carbonyl (C=O) groups is 2. The van der Waals surface area contributed by atoms with Gasteiger partial charge >= 0.3 is 0 Å². The van der Waals surface area contributed by atoms with Crippen LogP contribution in [0.1, 0.15) is 42.0 Å². The first-order chi connectivity index (χ1) is 12.8. The molecule has 6 nitrogen and oxygen atoms in total. The summed E-state index contributed by atoms with van der Waals surface area (Å²) in [4.78, 5) is 34.7. The van der Waals surface area contributed by atoms with Gasteiger partial charge < -0.3 is 10.2 Å². The van der Waals surface area contributed by atoms with Gasteiger partial charge in [-0.25, -0.2) is 9.37 Å². The molecule has 2 amide bonds. The molecule has 0 aliphatic carbocycles. The van der Waals surface area contributed by atoms with Gasteiger partial charge in [0, 0.05) is 32.3 Å². The molecule has 7 heteroatoms. The maximum absolute atomic E-state index is 12.9. The highest BCUT2D eigenvalue weighted by molar-refractivity contribution is 5.92. The van der Waals surface area contributed by atoms with E-state index in [0.29, 0.717) is 19.6 Å². The van der Waals surface area contributed by atoms with Gasteiger partial charge in [-0.05, 0) is 30.5 Å². The van der Waals surface area contributed by atoms with Crippen molar-refractivity contribution in [3.63, 3.8) is 0 Å². The van der Waals surface area contributed by atoms with Crippen molar-refractivity contribution in [3.05, 3.63) is 59.4 Å². The van der Waals surface area contributed by atoms with Crippen molar-refractivity contribution < 1.29 is 14.0 Å². The maximum atomic E-state index is 12.9. The lowest BCUT2D eigenvalue weighted by Crippen LogP contribution is -2.38. The van der Waals surface area contributed by atoms with Gasteiger partial charge in [0.1, 0.15) is 11.5 Å². The van der Waals surface area contributed by atoms with Gasteiger partial charge in [0.2, 0.25) is 5.91 Å². The Hall–Kier alpha value is -2.83. The summed E-state index contributed by atoms with van der Waals surface area (Å²) in [6.45, 7) is 6.96. The zero-order valence-electron chi connectivity index (χ0n) is 15.9. The molecule has 2 rings (SSSR count). The van der Waals surface area contributed by atoms with Gasteiger partial charge in [0.25, 0.3) is 5.91 Å².